The van der Waals surface area contributed by atoms with Crippen LogP contribution in [0, 0.1) is 13.8 Å². The van der Waals surface area contributed by atoms with Crippen LogP contribution < -0.4 is 5.32 Å². The number of anilines is 1. The van der Waals surface area contributed by atoms with Crippen molar-refractivity contribution in [3.05, 3.63) is 94.1 Å². The van der Waals surface area contributed by atoms with Crippen molar-refractivity contribution in [3.63, 3.8) is 0 Å². The van der Waals surface area contributed by atoms with Crippen LogP contribution in [0.5, 0.6) is 0 Å². The largest absolute Gasteiger partial charge is 0.436 e. The number of aryl methyl sites for hydroxylation is 1. The molecular formula is C24H19BrN2O2. The van der Waals surface area contributed by atoms with Gasteiger partial charge in [0.15, 0.2) is 5.76 Å². The second kappa shape index (κ2) is 8.05. The van der Waals surface area contributed by atoms with Gasteiger partial charge < -0.3 is 9.73 Å². The molecule has 4 rings (SSSR count). The molecule has 0 fully saturated rings. The Bertz CT molecular complexity index is 1200. The van der Waals surface area contributed by atoms with Gasteiger partial charge in [0.1, 0.15) is 0 Å². The molecule has 1 N–H and O–H groups in total. The molecular weight excluding hydrogens is 428 g/mol. The van der Waals surface area contributed by atoms with Gasteiger partial charge in [0.2, 0.25) is 5.89 Å². The maximum Gasteiger partial charge on any atom is 0.256 e. The molecule has 144 valence electrons. The first-order valence-electron chi connectivity index (χ1n) is 9.21. The van der Waals surface area contributed by atoms with E-state index in [0.29, 0.717) is 22.8 Å². The van der Waals surface area contributed by atoms with Gasteiger partial charge in [-0.2, -0.15) is 0 Å². The van der Waals surface area contributed by atoms with E-state index < -0.39 is 0 Å². The molecule has 0 radical (unpaired) electrons. The van der Waals surface area contributed by atoms with E-state index in [1.54, 1.807) is 12.3 Å². The SMILES string of the molecule is Cc1cccc(NC(=O)c2ccccc2-c2ncc(-c3cccc(Br)c3)o2)c1C. The normalized spacial score (nSPS) is 10.7. The Morgan fingerprint density at radius 1 is 1.00 bits per heavy atom. The minimum atomic E-state index is -0.198. The van der Waals surface area contributed by atoms with Crippen molar-refractivity contribution in [1.82, 2.24) is 4.98 Å². The molecule has 0 aliphatic heterocycles. The number of carbonyl (C=O) groups is 1. The van der Waals surface area contributed by atoms with E-state index in [9.17, 15) is 4.79 Å². The lowest BCUT2D eigenvalue weighted by atomic mass is 10.1. The maximum atomic E-state index is 13.0. The zero-order valence-electron chi connectivity index (χ0n) is 16.1. The molecule has 0 spiro atoms. The lowest BCUT2D eigenvalue weighted by molar-refractivity contribution is 0.102. The molecule has 1 heterocycles. The first-order valence-corrected chi connectivity index (χ1v) is 10.0. The van der Waals surface area contributed by atoms with E-state index in [-0.39, 0.29) is 5.91 Å². The number of oxazole rings is 1. The molecule has 4 aromatic rings. The predicted octanol–water partition coefficient (Wildman–Crippen LogP) is 6.64. The summed E-state index contributed by atoms with van der Waals surface area (Å²) in [6.45, 7) is 4.02. The summed E-state index contributed by atoms with van der Waals surface area (Å²) in [6, 6.07) is 21.0. The molecule has 0 atom stereocenters. The van der Waals surface area contributed by atoms with Crippen molar-refractivity contribution in [2.45, 2.75) is 13.8 Å². The Balaban J connectivity index is 1.67. The summed E-state index contributed by atoms with van der Waals surface area (Å²) in [6.07, 6.45) is 1.68. The van der Waals surface area contributed by atoms with Gasteiger partial charge in [-0.25, -0.2) is 4.98 Å². The fourth-order valence-corrected chi connectivity index (χ4v) is 3.52. The van der Waals surface area contributed by atoms with Crippen LogP contribution in [0.4, 0.5) is 5.69 Å². The molecule has 5 heteroatoms. The number of carbonyl (C=O) groups excluding carboxylic acids is 1. The van der Waals surface area contributed by atoms with Crippen LogP contribution in [0.3, 0.4) is 0 Å². The average Bonchev–Trinajstić information content (AvgIpc) is 3.21. The smallest absolute Gasteiger partial charge is 0.256 e. The third-order valence-electron chi connectivity index (χ3n) is 4.87. The van der Waals surface area contributed by atoms with E-state index in [0.717, 1.165) is 26.9 Å². The molecule has 0 unspecified atom stereocenters. The molecule has 3 aromatic carbocycles. The van der Waals surface area contributed by atoms with Crippen molar-refractivity contribution in [3.8, 4) is 22.8 Å². The van der Waals surface area contributed by atoms with Gasteiger partial charge in [-0.1, -0.05) is 52.3 Å². The molecule has 1 aromatic heterocycles. The van der Waals surface area contributed by atoms with Gasteiger partial charge in [0.25, 0.3) is 5.91 Å². The number of hydrogen-bond acceptors (Lipinski definition) is 3. The summed E-state index contributed by atoms with van der Waals surface area (Å²) >= 11 is 3.47. The highest BCUT2D eigenvalue weighted by atomic mass is 79.9. The van der Waals surface area contributed by atoms with Crippen molar-refractivity contribution in [2.24, 2.45) is 0 Å². The van der Waals surface area contributed by atoms with Crippen LogP contribution in [0.15, 0.2) is 81.8 Å². The van der Waals surface area contributed by atoms with Crippen LogP contribution in [-0.2, 0) is 0 Å². The number of nitrogens with zero attached hydrogens (tertiary/aromatic N) is 1. The van der Waals surface area contributed by atoms with Gasteiger partial charge in [-0.3, -0.25) is 4.79 Å². The summed E-state index contributed by atoms with van der Waals surface area (Å²) in [5.41, 5.74) is 5.05. The zero-order chi connectivity index (χ0) is 20.4. The second-order valence-corrected chi connectivity index (χ2v) is 7.70. The Hall–Kier alpha value is -3.18. The number of amides is 1. The predicted molar refractivity (Wildman–Crippen MR) is 119 cm³/mol. The Kier molecular flexibility index (Phi) is 5.32. The number of aromatic nitrogens is 1. The number of hydrogen-bond donors (Lipinski definition) is 1. The summed E-state index contributed by atoms with van der Waals surface area (Å²) in [4.78, 5) is 17.4. The van der Waals surface area contributed by atoms with Crippen LogP contribution in [0.25, 0.3) is 22.8 Å². The monoisotopic (exact) mass is 446 g/mol. The van der Waals surface area contributed by atoms with Gasteiger partial charge in [-0.15, -0.1) is 0 Å². The Labute approximate surface area is 177 Å². The van der Waals surface area contributed by atoms with Crippen molar-refractivity contribution in [2.75, 3.05) is 5.32 Å². The minimum Gasteiger partial charge on any atom is -0.436 e. The third-order valence-corrected chi connectivity index (χ3v) is 5.36. The highest BCUT2D eigenvalue weighted by Crippen LogP contribution is 2.30. The first-order chi connectivity index (χ1) is 14.0. The lowest BCUT2D eigenvalue weighted by Gasteiger charge is -2.12. The van der Waals surface area contributed by atoms with Gasteiger partial charge in [-0.05, 0) is 55.3 Å². The van der Waals surface area contributed by atoms with Crippen molar-refractivity contribution < 1.29 is 9.21 Å². The fraction of sp³-hybridized carbons (Fsp3) is 0.0833. The van der Waals surface area contributed by atoms with E-state index in [4.69, 9.17) is 4.42 Å². The molecule has 1 amide bonds. The minimum absolute atomic E-state index is 0.198. The summed E-state index contributed by atoms with van der Waals surface area (Å²) in [5.74, 6) is 0.856. The number of nitrogens with one attached hydrogen (secondary N) is 1. The standard InChI is InChI=1S/C24H19BrN2O2/c1-15-7-5-12-21(16(15)2)27-23(28)19-10-3-4-11-20(19)24-26-14-22(29-24)17-8-6-9-18(25)13-17/h3-14H,1-2H3,(H,27,28). The van der Waals surface area contributed by atoms with Crippen LogP contribution >= 0.6 is 15.9 Å². The number of rotatable bonds is 4. The van der Waals surface area contributed by atoms with Crippen LogP contribution in [-0.4, -0.2) is 10.9 Å². The zero-order valence-corrected chi connectivity index (χ0v) is 17.7. The highest BCUT2D eigenvalue weighted by molar-refractivity contribution is 9.10. The van der Waals surface area contributed by atoms with E-state index >= 15 is 0 Å². The first kappa shape index (κ1) is 19.2. The summed E-state index contributed by atoms with van der Waals surface area (Å²) < 4.78 is 6.94. The number of halogens is 1. The van der Waals surface area contributed by atoms with Crippen LogP contribution in [0.2, 0.25) is 0 Å². The van der Waals surface area contributed by atoms with E-state index in [1.165, 1.54) is 0 Å². The summed E-state index contributed by atoms with van der Waals surface area (Å²) in [7, 11) is 0. The topological polar surface area (TPSA) is 55.1 Å². The van der Waals surface area contributed by atoms with Crippen molar-refractivity contribution in [1.29, 1.82) is 0 Å². The van der Waals surface area contributed by atoms with Gasteiger partial charge in [0.05, 0.1) is 11.8 Å². The molecule has 0 aliphatic carbocycles. The molecule has 0 aliphatic rings. The maximum absolute atomic E-state index is 13.0. The lowest BCUT2D eigenvalue weighted by Crippen LogP contribution is -2.14. The molecule has 29 heavy (non-hydrogen) atoms. The molecule has 4 nitrogen and oxygen atoms in total. The molecule has 0 saturated heterocycles. The quantitative estimate of drug-likeness (QED) is 0.382. The Morgan fingerprint density at radius 3 is 2.62 bits per heavy atom. The van der Waals surface area contributed by atoms with E-state index in [1.807, 2.05) is 74.5 Å². The second-order valence-electron chi connectivity index (χ2n) is 6.79. The Morgan fingerprint density at radius 2 is 1.79 bits per heavy atom. The van der Waals surface area contributed by atoms with Crippen LogP contribution in [0.1, 0.15) is 21.5 Å². The molecule has 0 saturated carbocycles. The molecule has 0 bridgehead atoms. The van der Waals surface area contributed by atoms with Gasteiger partial charge >= 0.3 is 0 Å². The summed E-state index contributed by atoms with van der Waals surface area (Å²) in [5, 5.41) is 3.01. The van der Waals surface area contributed by atoms with E-state index in [2.05, 4.69) is 26.2 Å². The number of benzene rings is 3. The third kappa shape index (κ3) is 4.00. The average molecular weight is 447 g/mol. The highest BCUT2D eigenvalue weighted by Gasteiger charge is 2.18. The van der Waals surface area contributed by atoms with Gasteiger partial charge in [0, 0.05) is 21.3 Å². The fourth-order valence-electron chi connectivity index (χ4n) is 3.12. The van der Waals surface area contributed by atoms with Crippen molar-refractivity contribution >= 4 is 27.5 Å².